The van der Waals surface area contributed by atoms with Gasteiger partial charge in [-0.05, 0) is 22.2 Å². The molecule has 11 heavy (non-hydrogen) atoms. The Morgan fingerprint density at radius 2 is 2.36 bits per heavy atom. The van der Waals surface area contributed by atoms with Gasteiger partial charge in [0.05, 0.1) is 4.48 Å². The molecule has 0 radical (unpaired) electrons. The molecule has 0 fully saturated rings. The first kappa shape index (κ1) is 11.1. The molecular weight excluding hydrogens is 248 g/mol. The van der Waals surface area contributed by atoms with Gasteiger partial charge in [0.25, 0.3) is 0 Å². The van der Waals surface area contributed by atoms with E-state index in [0.717, 1.165) is 0 Å². The van der Waals surface area contributed by atoms with Gasteiger partial charge in [0.1, 0.15) is 10.2 Å². The van der Waals surface area contributed by atoms with Crippen LogP contribution in [0.1, 0.15) is 0 Å². The van der Waals surface area contributed by atoms with Gasteiger partial charge in [-0.2, -0.15) is 0 Å². The molecule has 0 aromatic heterocycles. The first-order valence-corrected chi connectivity index (χ1v) is 5.06. The maximum Gasteiger partial charge on any atom is 0.123 e. The van der Waals surface area contributed by atoms with Crippen molar-refractivity contribution in [3.63, 3.8) is 0 Å². The van der Waals surface area contributed by atoms with Crippen molar-refractivity contribution in [2.75, 3.05) is 6.26 Å². The first-order chi connectivity index (χ1) is 5.11. The number of hydrogen-bond donors (Lipinski definition) is 1. The summed E-state index contributed by atoms with van der Waals surface area (Å²) in [4.78, 5) is 3.92. The van der Waals surface area contributed by atoms with E-state index in [1.165, 1.54) is 18.0 Å². The molecule has 0 spiro atoms. The lowest BCUT2D eigenvalue weighted by Crippen LogP contribution is -1.93. The quantitative estimate of drug-likeness (QED) is 0.468. The van der Waals surface area contributed by atoms with Crippen molar-refractivity contribution >= 4 is 44.3 Å². The summed E-state index contributed by atoms with van der Waals surface area (Å²) in [6.07, 6.45) is 3.29. The van der Waals surface area contributed by atoms with E-state index >= 15 is 0 Å². The maximum atomic E-state index is 5.47. The highest BCUT2D eigenvalue weighted by molar-refractivity contribution is 9.12. The van der Waals surface area contributed by atoms with Crippen molar-refractivity contribution in [1.29, 1.82) is 0 Å². The van der Waals surface area contributed by atoms with E-state index in [0.29, 0.717) is 9.53 Å². The largest absolute Gasteiger partial charge is 0.404 e. The zero-order valence-electron chi connectivity index (χ0n) is 5.97. The fourth-order valence-corrected chi connectivity index (χ4v) is 1.55. The van der Waals surface area contributed by atoms with Crippen LogP contribution in [0.2, 0.25) is 0 Å². The van der Waals surface area contributed by atoms with E-state index in [1.54, 1.807) is 0 Å². The molecule has 0 amide bonds. The van der Waals surface area contributed by atoms with Crippen molar-refractivity contribution < 1.29 is 0 Å². The normalized spacial score (nSPS) is 13.4. The second kappa shape index (κ2) is 5.69. The third-order valence-corrected chi connectivity index (χ3v) is 2.45. The summed E-state index contributed by atoms with van der Waals surface area (Å²) < 4.78 is 0.715. The van der Waals surface area contributed by atoms with Crippen LogP contribution in [-0.4, -0.2) is 11.3 Å². The Labute approximate surface area is 83.7 Å². The fraction of sp³-hybridized carbons (Fsp3) is 0.167. The van der Waals surface area contributed by atoms with Crippen LogP contribution in [0.3, 0.4) is 0 Å². The average molecular weight is 256 g/mol. The molecule has 0 bridgehead atoms. The topological polar surface area (TPSA) is 38.4 Å². The monoisotopic (exact) mass is 254 g/mol. The van der Waals surface area contributed by atoms with E-state index in [1.807, 2.05) is 6.26 Å². The highest BCUT2D eigenvalue weighted by Crippen LogP contribution is 2.17. The number of hydrogen-bond acceptors (Lipinski definition) is 3. The van der Waals surface area contributed by atoms with E-state index < -0.39 is 0 Å². The third kappa shape index (κ3) is 4.50. The number of halogens is 2. The van der Waals surface area contributed by atoms with Crippen LogP contribution in [-0.2, 0) is 0 Å². The zero-order chi connectivity index (χ0) is 8.85. The minimum Gasteiger partial charge on any atom is -0.404 e. The van der Waals surface area contributed by atoms with Gasteiger partial charge in [0.2, 0.25) is 0 Å². The van der Waals surface area contributed by atoms with Gasteiger partial charge in [-0.1, -0.05) is 18.2 Å². The zero-order valence-corrected chi connectivity index (χ0v) is 9.13. The van der Waals surface area contributed by atoms with E-state index in [9.17, 15) is 0 Å². The van der Waals surface area contributed by atoms with Crippen molar-refractivity contribution in [2.24, 2.45) is 10.7 Å². The summed E-state index contributed by atoms with van der Waals surface area (Å²) in [5.74, 6) is 0. The molecule has 0 rings (SSSR count). The van der Waals surface area contributed by atoms with Crippen LogP contribution in [0, 0.1) is 0 Å². The van der Waals surface area contributed by atoms with E-state index in [4.69, 9.17) is 17.3 Å². The average Bonchev–Trinajstić information content (AvgIpc) is 1.98. The maximum absolute atomic E-state index is 5.47. The van der Waals surface area contributed by atoms with Gasteiger partial charge >= 0.3 is 0 Å². The third-order valence-electron chi connectivity index (χ3n) is 0.767. The van der Waals surface area contributed by atoms with E-state index in [-0.39, 0.29) is 5.16 Å². The Bertz CT molecular complexity index is 213. The number of thioether (sulfide) groups is 1. The summed E-state index contributed by atoms with van der Waals surface area (Å²) in [6, 6.07) is 0. The summed E-state index contributed by atoms with van der Waals surface area (Å²) in [6.45, 7) is 3.44. The van der Waals surface area contributed by atoms with Crippen LogP contribution >= 0.6 is 39.3 Å². The van der Waals surface area contributed by atoms with E-state index in [2.05, 4.69) is 27.5 Å². The molecule has 0 aliphatic carbocycles. The molecule has 0 aliphatic heterocycles. The molecule has 0 unspecified atom stereocenters. The van der Waals surface area contributed by atoms with Gasteiger partial charge in [-0.15, -0.1) is 11.8 Å². The molecule has 2 N–H and O–H groups in total. The molecule has 62 valence electrons. The lowest BCUT2D eigenvalue weighted by Gasteiger charge is -1.98. The Morgan fingerprint density at radius 3 is 2.64 bits per heavy atom. The van der Waals surface area contributed by atoms with Crippen LogP contribution in [0.15, 0.2) is 27.4 Å². The highest BCUT2D eigenvalue weighted by atomic mass is 79.9. The van der Waals surface area contributed by atoms with Crippen molar-refractivity contribution in [1.82, 2.24) is 0 Å². The summed E-state index contributed by atoms with van der Waals surface area (Å²) in [5, 5.41) is 0.959. The molecule has 0 aromatic rings. The molecule has 2 nitrogen and oxygen atoms in total. The smallest absolute Gasteiger partial charge is 0.123 e. The number of rotatable bonds is 2. The number of nitrogens with zero attached hydrogens (tertiary/aromatic N) is 1. The Hall–Kier alpha value is 0.0700. The van der Waals surface area contributed by atoms with Gasteiger partial charge in [0, 0.05) is 6.20 Å². The molecule has 0 aliphatic rings. The molecule has 0 saturated carbocycles. The second-order valence-electron chi connectivity index (χ2n) is 1.51. The molecule has 0 atom stereocenters. The minimum atomic E-state index is 0.244. The van der Waals surface area contributed by atoms with Crippen molar-refractivity contribution in [3.8, 4) is 0 Å². The Morgan fingerprint density at radius 1 is 1.82 bits per heavy atom. The summed E-state index contributed by atoms with van der Waals surface area (Å²) >= 11 is 10.1. The second-order valence-corrected chi connectivity index (χ2v) is 3.60. The number of nitrogens with two attached hydrogens (primary N) is 1. The van der Waals surface area contributed by atoms with Gasteiger partial charge in [0.15, 0.2) is 0 Å². The predicted molar refractivity (Wildman–Crippen MR) is 57.1 cm³/mol. The summed E-state index contributed by atoms with van der Waals surface area (Å²) in [7, 11) is 0. The van der Waals surface area contributed by atoms with Crippen molar-refractivity contribution in [2.45, 2.75) is 0 Å². The van der Waals surface area contributed by atoms with Crippen LogP contribution in [0.4, 0.5) is 0 Å². The SMILES string of the molecule is C=C(Cl)/N=C(SC)\C(Br)=C/N. The lowest BCUT2D eigenvalue weighted by molar-refractivity contribution is 1.54. The molecular formula is C6H8BrClN2S. The Kier molecular flexibility index (Phi) is 5.72. The highest BCUT2D eigenvalue weighted by Gasteiger charge is 2.00. The predicted octanol–water partition coefficient (Wildman–Crippen LogP) is 2.65. The van der Waals surface area contributed by atoms with Gasteiger partial charge in [-0.3, -0.25) is 0 Å². The minimum absolute atomic E-state index is 0.244. The van der Waals surface area contributed by atoms with Gasteiger partial charge in [-0.25, -0.2) is 4.99 Å². The first-order valence-electron chi connectivity index (χ1n) is 2.66. The Balaban J connectivity index is 4.53. The van der Waals surface area contributed by atoms with Gasteiger partial charge < -0.3 is 5.73 Å². The lowest BCUT2D eigenvalue weighted by atomic mass is 10.6. The van der Waals surface area contributed by atoms with Crippen molar-refractivity contribution in [3.05, 3.63) is 22.4 Å². The standard InChI is InChI=1S/C6H8BrClN2S/c1-4(8)10-6(11-2)5(7)3-9/h3H,1,9H2,2H3/b5-3+,10-6+. The molecule has 5 heteroatoms. The molecule has 0 aromatic carbocycles. The molecule has 0 heterocycles. The summed E-state index contributed by atoms with van der Waals surface area (Å²) in [5.41, 5.74) is 5.25. The number of aliphatic imine (C=N–C) groups is 1. The van der Waals surface area contributed by atoms with Crippen LogP contribution in [0.5, 0.6) is 0 Å². The van der Waals surface area contributed by atoms with Crippen LogP contribution in [0.25, 0.3) is 0 Å². The fourth-order valence-electron chi connectivity index (χ4n) is 0.378. The van der Waals surface area contributed by atoms with Crippen LogP contribution < -0.4 is 5.73 Å². The molecule has 0 saturated heterocycles.